The summed E-state index contributed by atoms with van der Waals surface area (Å²) in [6, 6.07) is 27.2. The largest absolute Gasteiger partial charge is 0.456 e. The molecule has 1 amide bonds. The van der Waals surface area contributed by atoms with Crippen molar-refractivity contribution in [1.29, 1.82) is 0 Å². The number of hydrogen-bond acceptors (Lipinski definition) is 3. The lowest BCUT2D eigenvalue weighted by Gasteiger charge is -2.15. The third kappa shape index (κ3) is 3.78. The molecule has 4 aromatic rings. The van der Waals surface area contributed by atoms with Crippen LogP contribution in [0.1, 0.15) is 10.4 Å². The number of amides is 1. The topological polar surface area (TPSA) is 55.6 Å². The molecule has 144 valence electrons. The fourth-order valence-corrected chi connectivity index (χ4v) is 3.28. The van der Waals surface area contributed by atoms with E-state index in [1.807, 2.05) is 60.7 Å². The molecule has 4 rings (SSSR count). The molecule has 0 aliphatic carbocycles. The van der Waals surface area contributed by atoms with Crippen molar-refractivity contribution in [1.82, 2.24) is 4.90 Å². The zero-order valence-electron chi connectivity index (χ0n) is 16.4. The number of carbonyl (C=O) groups excluding carboxylic acids is 1. The average molecular weight is 382 g/mol. The molecule has 0 aliphatic rings. The number of nitrogens with zero attached hydrogens (tertiary/aromatic N) is 1. The lowest BCUT2D eigenvalue weighted by molar-refractivity contribution is 0.0827. The summed E-state index contributed by atoms with van der Waals surface area (Å²) in [7, 11) is 3.50. The molecule has 0 unspecified atom stereocenters. The Morgan fingerprint density at radius 2 is 1.52 bits per heavy atom. The standard InChI is InChI=1S/C25H22N2O2/c1-27(2)25(28)19-9-7-18(8-10-19)23-16-11-17-5-3-4-6-22(17)24(23)29-21-14-12-20(26)13-15-21/h3-16H,26H2,1-2H3. The second-order valence-corrected chi connectivity index (χ2v) is 7.11. The van der Waals surface area contributed by atoms with Gasteiger partial charge in [0.1, 0.15) is 11.5 Å². The van der Waals surface area contributed by atoms with E-state index in [0.717, 1.165) is 33.4 Å². The summed E-state index contributed by atoms with van der Waals surface area (Å²) in [4.78, 5) is 13.8. The number of carbonyl (C=O) groups is 1. The van der Waals surface area contributed by atoms with Gasteiger partial charge in [0.05, 0.1) is 0 Å². The van der Waals surface area contributed by atoms with Crippen LogP contribution in [0.2, 0.25) is 0 Å². The monoisotopic (exact) mass is 382 g/mol. The van der Waals surface area contributed by atoms with Crippen LogP contribution < -0.4 is 10.5 Å². The van der Waals surface area contributed by atoms with Gasteiger partial charge in [0.2, 0.25) is 0 Å². The molecule has 4 nitrogen and oxygen atoms in total. The summed E-state index contributed by atoms with van der Waals surface area (Å²) in [6.45, 7) is 0. The van der Waals surface area contributed by atoms with Crippen molar-refractivity contribution in [3.63, 3.8) is 0 Å². The number of hydrogen-bond donors (Lipinski definition) is 1. The van der Waals surface area contributed by atoms with E-state index >= 15 is 0 Å². The Bertz CT molecular complexity index is 1160. The van der Waals surface area contributed by atoms with Gasteiger partial charge in [0, 0.05) is 36.3 Å². The van der Waals surface area contributed by atoms with Crippen molar-refractivity contribution in [3.05, 3.63) is 90.5 Å². The van der Waals surface area contributed by atoms with Gasteiger partial charge < -0.3 is 15.4 Å². The summed E-state index contributed by atoms with van der Waals surface area (Å²) in [5.74, 6) is 1.48. The molecular formula is C25H22N2O2. The van der Waals surface area contributed by atoms with Crippen LogP contribution in [0, 0.1) is 0 Å². The van der Waals surface area contributed by atoms with E-state index in [9.17, 15) is 4.79 Å². The van der Waals surface area contributed by atoms with E-state index in [2.05, 4.69) is 24.3 Å². The fraction of sp³-hybridized carbons (Fsp3) is 0.0800. The van der Waals surface area contributed by atoms with E-state index < -0.39 is 0 Å². The summed E-state index contributed by atoms with van der Waals surface area (Å²) in [5.41, 5.74) is 9.09. The van der Waals surface area contributed by atoms with Crippen molar-refractivity contribution in [3.8, 4) is 22.6 Å². The van der Waals surface area contributed by atoms with Crippen molar-refractivity contribution in [2.24, 2.45) is 0 Å². The maximum atomic E-state index is 12.2. The third-order valence-corrected chi connectivity index (χ3v) is 4.83. The molecule has 0 radical (unpaired) electrons. The van der Waals surface area contributed by atoms with E-state index in [1.54, 1.807) is 19.0 Å². The smallest absolute Gasteiger partial charge is 0.253 e. The molecule has 0 spiro atoms. The van der Waals surface area contributed by atoms with Gasteiger partial charge in [-0.3, -0.25) is 4.79 Å². The molecule has 2 N–H and O–H groups in total. The first-order valence-electron chi connectivity index (χ1n) is 9.40. The van der Waals surface area contributed by atoms with Crippen LogP contribution in [0.4, 0.5) is 5.69 Å². The van der Waals surface area contributed by atoms with Crippen LogP contribution in [0.15, 0.2) is 84.9 Å². The second-order valence-electron chi connectivity index (χ2n) is 7.11. The van der Waals surface area contributed by atoms with Gasteiger partial charge in [-0.05, 0) is 53.4 Å². The second kappa shape index (κ2) is 7.68. The lowest BCUT2D eigenvalue weighted by Crippen LogP contribution is -2.21. The molecular weight excluding hydrogens is 360 g/mol. The summed E-state index contributed by atoms with van der Waals surface area (Å²) < 4.78 is 6.32. The maximum Gasteiger partial charge on any atom is 0.253 e. The van der Waals surface area contributed by atoms with Crippen LogP contribution >= 0.6 is 0 Å². The molecule has 0 aliphatic heterocycles. The minimum Gasteiger partial charge on any atom is -0.456 e. The minimum absolute atomic E-state index is 0.0200. The number of benzene rings is 4. The lowest BCUT2D eigenvalue weighted by atomic mass is 9.98. The fourth-order valence-electron chi connectivity index (χ4n) is 3.28. The molecule has 0 saturated carbocycles. The number of rotatable bonds is 4. The van der Waals surface area contributed by atoms with Crippen molar-refractivity contribution >= 4 is 22.4 Å². The van der Waals surface area contributed by atoms with E-state index in [-0.39, 0.29) is 5.91 Å². The first kappa shape index (κ1) is 18.6. The highest BCUT2D eigenvalue weighted by molar-refractivity contribution is 5.97. The number of nitrogens with two attached hydrogens (primary N) is 1. The van der Waals surface area contributed by atoms with Crippen LogP contribution in [-0.2, 0) is 0 Å². The van der Waals surface area contributed by atoms with Crippen LogP contribution in [0.3, 0.4) is 0 Å². The molecule has 0 heterocycles. The Balaban J connectivity index is 1.81. The zero-order valence-corrected chi connectivity index (χ0v) is 16.4. The van der Waals surface area contributed by atoms with E-state index in [1.165, 1.54) is 0 Å². The maximum absolute atomic E-state index is 12.2. The van der Waals surface area contributed by atoms with E-state index in [4.69, 9.17) is 10.5 Å². The van der Waals surface area contributed by atoms with Gasteiger partial charge >= 0.3 is 0 Å². The first-order valence-corrected chi connectivity index (χ1v) is 9.40. The first-order chi connectivity index (χ1) is 14.0. The van der Waals surface area contributed by atoms with Crippen molar-refractivity contribution in [2.75, 3.05) is 19.8 Å². The zero-order chi connectivity index (χ0) is 20.4. The Kier molecular flexibility index (Phi) is 4.92. The van der Waals surface area contributed by atoms with Crippen molar-refractivity contribution < 1.29 is 9.53 Å². The Morgan fingerprint density at radius 1 is 0.828 bits per heavy atom. The highest BCUT2D eigenvalue weighted by Gasteiger charge is 2.14. The van der Waals surface area contributed by atoms with Gasteiger partial charge in [0.15, 0.2) is 0 Å². The average Bonchev–Trinajstić information content (AvgIpc) is 2.75. The van der Waals surface area contributed by atoms with E-state index in [0.29, 0.717) is 11.3 Å². The van der Waals surface area contributed by atoms with Crippen LogP contribution in [0.25, 0.3) is 21.9 Å². The van der Waals surface area contributed by atoms with Gasteiger partial charge in [-0.25, -0.2) is 0 Å². The molecule has 4 heteroatoms. The van der Waals surface area contributed by atoms with Gasteiger partial charge in [0.25, 0.3) is 5.91 Å². The molecule has 0 bridgehead atoms. The Labute approximate surface area is 170 Å². The predicted molar refractivity (Wildman–Crippen MR) is 118 cm³/mol. The van der Waals surface area contributed by atoms with Crippen molar-refractivity contribution in [2.45, 2.75) is 0 Å². The molecule has 0 atom stereocenters. The number of fused-ring (bicyclic) bond motifs is 1. The predicted octanol–water partition coefficient (Wildman–Crippen LogP) is 5.58. The molecule has 29 heavy (non-hydrogen) atoms. The van der Waals surface area contributed by atoms with Crippen LogP contribution in [0.5, 0.6) is 11.5 Å². The molecule has 0 aromatic heterocycles. The van der Waals surface area contributed by atoms with Crippen LogP contribution in [-0.4, -0.2) is 24.9 Å². The Morgan fingerprint density at radius 3 is 2.21 bits per heavy atom. The summed E-state index contributed by atoms with van der Waals surface area (Å²) in [6.07, 6.45) is 0. The Hall–Kier alpha value is -3.79. The minimum atomic E-state index is -0.0200. The molecule has 0 fully saturated rings. The number of ether oxygens (including phenoxy) is 1. The summed E-state index contributed by atoms with van der Waals surface area (Å²) >= 11 is 0. The highest BCUT2D eigenvalue weighted by atomic mass is 16.5. The van der Waals surface area contributed by atoms with Gasteiger partial charge in [-0.1, -0.05) is 42.5 Å². The number of anilines is 1. The molecule has 4 aromatic carbocycles. The molecule has 0 saturated heterocycles. The SMILES string of the molecule is CN(C)C(=O)c1ccc(-c2ccc3ccccc3c2Oc2ccc(N)cc2)cc1. The third-order valence-electron chi connectivity index (χ3n) is 4.83. The number of nitrogen functional groups attached to an aromatic ring is 1. The summed E-state index contributed by atoms with van der Waals surface area (Å²) in [5, 5.41) is 2.12. The highest BCUT2D eigenvalue weighted by Crippen LogP contribution is 2.39. The van der Waals surface area contributed by atoms with Gasteiger partial charge in [-0.15, -0.1) is 0 Å². The van der Waals surface area contributed by atoms with Gasteiger partial charge in [-0.2, -0.15) is 0 Å². The normalized spacial score (nSPS) is 10.7. The quantitative estimate of drug-likeness (QED) is 0.469.